The van der Waals surface area contributed by atoms with Gasteiger partial charge in [0.25, 0.3) is 0 Å². The molecule has 2 heteroatoms. The Labute approximate surface area is 124 Å². The molecule has 1 atom stereocenters. The molecule has 1 unspecified atom stereocenters. The van der Waals surface area contributed by atoms with E-state index in [1.54, 1.807) is 0 Å². The molecule has 0 radical (unpaired) electrons. The fourth-order valence-electron chi connectivity index (χ4n) is 2.94. The Balaban J connectivity index is 1.86. The first kappa shape index (κ1) is 15.5. The summed E-state index contributed by atoms with van der Waals surface area (Å²) in [7, 11) is 0. The van der Waals surface area contributed by atoms with Crippen LogP contribution in [0.5, 0.6) is 0 Å². The smallest absolute Gasteiger partial charge is 0.0107 e. The first-order valence-electron chi connectivity index (χ1n) is 7.97. The van der Waals surface area contributed by atoms with Crippen LogP contribution in [0.2, 0.25) is 0 Å². The Hall–Kier alpha value is -0.860. The van der Waals surface area contributed by atoms with Crippen molar-refractivity contribution in [3.63, 3.8) is 0 Å². The third-order valence-corrected chi connectivity index (χ3v) is 4.18. The van der Waals surface area contributed by atoms with Crippen LogP contribution in [0.1, 0.15) is 38.8 Å². The van der Waals surface area contributed by atoms with Gasteiger partial charge in [0.2, 0.25) is 0 Å². The second-order valence-electron chi connectivity index (χ2n) is 7.31. The summed E-state index contributed by atoms with van der Waals surface area (Å²) in [6.45, 7) is 15.1. The molecular formula is C18H30N2. The lowest BCUT2D eigenvalue weighted by Gasteiger charge is -2.29. The highest BCUT2D eigenvalue weighted by Gasteiger charge is 2.15. The Kier molecular flexibility index (Phi) is 5.22. The molecule has 0 bridgehead atoms. The Morgan fingerprint density at radius 3 is 2.25 bits per heavy atom. The Bertz CT molecular complexity index is 396. The fraction of sp³-hybridized carbons (Fsp3) is 0.667. The van der Waals surface area contributed by atoms with Crippen molar-refractivity contribution in [3.05, 3.63) is 35.4 Å². The van der Waals surface area contributed by atoms with E-state index in [1.807, 2.05) is 0 Å². The molecule has 1 aromatic carbocycles. The Morgan fingerprint density at radius 2 is 1.70 bits per heavy atom. The zero-order valence-electron chi connectivity index (χ0n) is 13.6. The SMILES string of the molecule is CC(Cc1ccc(C(C)(C)C)cc1)CN1CCNCC1. The van der Waals surface area contributed by atoms with E-state index in [-0.39, 0.29) is 5.41 Å². The molecule has 1 N–H and O–H groups in total. The monoisotopic (exact) mass is 274 g/mol. The molecule has 0 spiro atoms. The molecule has 112 valence electrons. The van der Waals surface area contributed by atoms with E-state index in [1.165, 1.54) is 37.2 Å². The average molecular weight is 274 g/mol. The van der Waals surface area contributed by atoms with E-state index in [4.69, 9.17) is 0 Å². The van der Waals surface area contributed by atoms with Crippen LogP contribution >= 0.6 is 0 Å². The van der Waals surface area contributed by atoms with Gasteiger partial charge in [-0.1, -0.05) is 52.0 Å². The van der Waals surface area contributed by atoms with Crippen LogP contribution in [-0.2, 0) is 11.8 Å². The van der Waals surface area contributed by atoms with Gasteiger partial charge in [-0.25, -0.2) is 0 Å². The van der Waals surface area contributed by atoms with Gasteiger partial charge < -0.3 is 10.2 Å². The largest absolute Gasteiger partial charge is 0.314 e. The molecule has 1 fully saturated rings. The van der Waals surface area contributed by atoms with Gasteiger partial charge in [0.15, 0.2) is 0 Å². The maximum atomic E-state index is 3.42. The molecule has 20 heavy (non-hydrogen) atoms. The van der Waals surface area contributed by atoms with Crippen LogP contribution in [0, 0.1) is 5.92 Å². The Morgan fingerprint density at radius 1 is 1.10 bits per heavy atom. The summed E-state index contributed by atoms with van der Waals surface area (Å²) >= 11 is 0. The summed E-state index contributed by atoms with van der Waals surface area (Å²) in [5, 5.41) is 3.42. The number of nitrogens with zero attached hydrogens (tertiary/aromatic N) is 1. The standard InChI is InChI=1S/C18H30N2/c1-15(14-20-11-9-19-10-12-20)13-16-5-7-17(8-6-16)18(2,3)4/h5-8,15,19H,9-14H2,1-4H3. The lowest BCUT2D eigenvalue weighted by molar-refractivity contribution is 0.211. The zero-order valence-corrected chi connectivity index (χ0v) is 13.6. The third-order valence-electron chi connectivity index (χ3n) is 4.18. The summed E-state index contributed by atoms with van der Waals surface area (Å²) < 4.78 is 0. The number of hydrogen-bond donors (Lipinski definition) is 1. The van der Waals surface area contributed by atoms with Gasteiger partial charge in [-0.3, -0.25) is 0 Å². The maximum Gasteiger partial charge on any atom is 0.0107 e. The molecule has 0 aliphatic carbocycles. The lowest BCUT2D eigenvalue weighted by atomic mass is 9.86. The van der Waals surface area contributed by atoms with Crippen molar-refractivity contribution >= 4 is 0 Å². The highest BCUT2D eigenvalue weighted by molar-refractivity contribution is 5.27. The molecule has 1 aliphatic heterocycles. The van der Waals surface area contributed by atoms with Crippen LogP contribution < -0.4 is 5.32 Å². The number of rotatable bonds is 4. The molecule has 2 nitrogen and oxygen atoms in total. The summed E-state index contributed by atoms with van der Waals surface area (Å²) in [5.41, 5.74) is 3.15. The second-order valence-corrected chi connectivity index (χ2v) is 7.31. The summed E-state index contributed by atoms with van der Waals surface area (Å²) in [4.78, 5) is 2.59. The van der Waals surface area contributed by atoms with Gasteiger partial charge in [-0.2, -0.15) is 0 Å². The number of benzene rings is 1. The van der Waals surface area contributed by atoms with Gasteiger partial charge in [0.1, 0.15) is 0 Å². The number of piperazine rings is 1. The van der Waals surface area contributed by atoms with Gasteiger partial charge in [-0.05, 0) is 28.9 Å². The van der Waals surface area contributed by atoms with Crippen molar-refractivity contribution in [1.82, 2.24) is 10.2 Å². The molecule has 1 saturated heterocycles. The molecule has 0 saturated carbocycles. The van der Waals surface area contributed by atoms with E-state index in [0.717, 1.165) is 19.0 Å². The summed E-state index contributed by atoms with van der Waals surface area (Å²) in [6, 6.07) is 9.23. The van der Waals surface area contributed by atoms with Crippen LogP contribution in [0.25, 0.3) is 0 Å². The normalized spacial score (nSPS) is 19.0. The van der Waals surface area contributed by atoms with Crippen molar-refractivity contribution in [2.75, 3.05) is 32.7 Å². The maximum absolute atomic E-state index is 3.42. The first-order chi connectivity index (χ1) is 9.45. The van der Waals surface area contributed by atoms with Crippen LogP contribution in [-0.4, -0.2) is 37.6 Å². The predicted octanol–water partition coefficient (Wildman–Crippen LogP) is 3.07. The van der Waals surface area contributed by atoms with Crippen LogP contribution in [0.4, 0.5) is 0 Å². The van der Waals surface area contributed by atoms with Crippen LogP contribution in [0.15, 0.2) is 24.3 Å². The quantitative estimate of drug-likeness (QED) is 0.908. The topological polar surface area (TPSA) is 15.3 Å². The number of nitrogens with one attached hydrogen (secondary N) is 1. The summed E-state index contributed by atoms with van der Waals surface area (Å²) in [6.07, 6.45) is 1.19. The van der Waals surface area contributed by atoms with E-state index in [0.29, 0.717) is 0 Å². The minimum absolute atomic E-state index is 0.255. The van der Waals surface area contributed by atoms with Crippen LogP contribution in [0.3, 0.4) is 0 Å². The van der Waals surface area contributed by atoms with Gasteiger partial charge in [-0.15, -0.1) is 0 Å². The fourth-order valence-corrected chi connectivity index (χ4v) is 2.94. The summed E-state index contributed by atoms with van der Waals surface area (Å²) in [5.74, 6) is 0.730. The van der Waals surface area contributed by atoms with Crippen molar-refractivity contribution in [2.24, 2.45) is 5.92 Å². The molecule has 1 aliphatic rings. The second kappa shape index (κ2) is 6.73. The van der Waals surface area contributed by atoms with Gasteiger partial charge in [0, 0.05) is 32.7 Å². The molecule has 0 amide bonds. The van der Waals surface area contributed by atoms with Gasteiger partial charge in [0.05, 0.1) is 0 Å². The highest BCUT2D eigenvalue weighted by atomic mass is 15.2. The molecular weight excluding hydrogens is 244 g/mol. The predicted molar refractivity (Wildman–Crippen MR) is 87.3 cm³/mol. The number of hydrogen-bond acceptors (Lipinski definition) is 2. The molecule has 1 aromatic rings. The molecule has 1 heterocycles. The van der Waals surface area contributed by atoms with Crippen molar-refractivity contribution < 1.29 is 0 Å². The van der Waals surface area contributed by atoms with E-state index >= 15 is 0 Å². The first-order valence-corrected chi connectivity index (χ1v) is 7.97. The van der Waals surface area contributed by atoms with Crippen molar-refractivity contribution in [1.29, 1.82) is 0 Å². The lowest BCUT2D eigenvalue weighted by Crippen LogP contribution is -2.45. The third kappa shape index (κ3) is 4.60. The minimum atomic E-state index is 0.255. The zero-order chi connectivity index (χ0) is 14.6. The highest BCUT2D eigenvalue weighted by Crippen LogP contribution is 2.23. The molecule has 0 aromatic heterocycles. The van der Waals surface area contributed by atoms with Gasteiger partial charge >= 0.3 is 0 Å². The minimum Gasteiger partial charge on any atom is -0.314 e. The van der Waals surface area contributed by atoms with E-state index in [2.05, 4.69) is 62.2 Å². The van der Waals surface area contributed by atoms with Crippen molar-refractivity contribution in [3.8, 4) is 0 Å². The van der Waals surface area contributed by atoms with E-state index < -0.39 is 0 Å². The average Bonchev–Trinajstić information content (AvgIpc) is 2.39. The molecule has 2 rings (SSSR count). The van der Waals surface area contributed by atoms with E-state index in [9.17, 15) is 0 Å². The van der Waals surface area contributed by atoms with Crippen molar-refractivity contribution in [2.45, 2.75) is 39.5 Å².